The molecule has 0 radical (unpaired) electrons. The number of halogens is 1. The van der Waals surface area contributed by atoms with Gasteiger partial charge in [0.05, 0.1) is 10.7 Å². The predicted octanol–water partition coefficient (Wildman–Crippen LogP) is 3.14. The van der Waals surface area contributed by atoms with Crippen molar-refractivity contribution < 1.29 is 4.79 Å². The van der Waals surface area contributed by atoms with E-state index in [0.717, 1.165) is 17.0 Å². The Balaban J connectivity index is 1.76. The summed E-state index contributed by atoms with van der Waals surface area (Å²) in [6, 6.07) is 8.73. The van der Waals surface area contributed by atoms with Crippen molar-refractivity contribution >= 4 is 23.5 Å². The highest BCUT2D eigenvalue weighted by atomic mass is 35.5. The number of hydrogen-bond acceptors (Lipinski definition) is 4. The van der Waals surface area contributed by atoms with Crippen molar-refractivity contribution in [2.75, 3.05) is 5.32 Å². The maximum Gasteiger partial charge on any atom is 0.251 e. The number of nitrogens with one attached hydrogen (secondary N) is 2. The Kier molecular flexibility index (Phi) is 4.35. The molecule has 2 N–H and O–H groups in total. The van der Waals surface area contributed by atoms with E-state index in [1.54, 1.807) is 17.7 Å². The molecule has 0 aliphatic carbocycles. The van der Waals surface area contributed by atoms with Gasteiger partial charge in [-0.05, 0) is 39.0 Å². The Morgan fingerprint density at radius 1 is 1.33 bits per heavy atom. The standard InChI is InChI=1S/C16H17ClN6O/c1-9-8-10(2)23(22-9)11(3)15(24)19-16-18-14(20-21-16)12-6-4-5-7-13(12)17/h4-8,11H,1-3H3,(H2,18,19,20,21,24)/t11-/m0/s1. The van der Waals surface area contributed by atoms with Crippen molar-refractivity contribution in [1.82, 2.24) is 25.0 Å². The molecule has 1 amide bonds. The summed E-state index contributed by atoms with van der Waals surface area (Å²) in [6.45, 7) is 5.57. The molecule has 3 rings (SSSR count). The van der Waals surface area contributed by atoms with Crippen LogP contribution in [0.25, 0.3) is 11.4 Å². The number of amides is 1. The lowest BCUT2D eigenvalue weighted by Crippen LogP contribution is -2.25. The fraction of sp³-hybridized carbons (Fsp3) is 0.250. The third-order valence-corrected chi connectivity index (χ3v) is 3.97. The SMILES string of the molecule is Cc1cc(C)n([C@@H](C)C(=O)Nc2n[nH]c(-c3ccccc3Cl)n2)n1. The lowest BCUT2D eigenvalue weighted by atomic mass is 10.2. The molecule has 0 saturated carbocycles. The Morgan fingerprint density at radius 3 is 2.75 bits per heavy atom. The zero-order valence-electron chi connectivity index (χ0n) is 13.5. The topological polar surface area (TPSA) is 88.5 Å². The van der Waals surface area contributed by atoms with Gasteiger partial charge in [0.2, 0.25) is 5.95 Å². The Bertz CT molecular complexity index is 884. The van der Waals surface area contributed by atoms with E-state index in [2.05, 4.69) is 25.6 Å². The molecule has 2 aromatic heterocycles. The monoisotopic (exact) mass is 344 g/mol. The van der Waals surface area contributed by atoms with E-state index in [0.29, 0.717) is 10.8 Å². The maximum atomic E-state index is 12.4. The molecule has 1 atom stereocenters. The fourth-order valence-corrected chi connectivity index (χ4v) is 2.68. The van der Waals surface area contributed by atoms with E-state index >= 15 is 0 Å². The largest absolute Gasteiger partial charge is 0.291 e. The number of carbonyl (C=O) groups excluding carboxylic acids is 1. The van der Waals surface area contributed by atoms with Crippen molar-refractivity contribution in [2.24, 2.45) is 0 Å². The van der Waals surface area contributed by atoms with E-state index in [9.17, 15) is 4.79 Å². The third-order valence-electron chi connectivity index (χ3n) is 3.64. The Morgan fingerprint density at radius 2 is 2.08 bits per heavy atom. The van der Waals surface area contributed by atoms with E-state index in [4.69, 9.17) is 11.6 Å². The zero-order valence-corrected chi connectivity index (χ0v) is 14.3. The highest BCUT2D eigenvalue weighted by Gasteiger charge is 2.19. The minimum atomic E-state index is -0.471. The minimum Gasteiger partial charge on any atom is -0.291 e. The average molecular weight is 345 g/mol. The molecule has 0 spiro atoms. The summed E-state index contributed by atoms with van der Waals surface area (Å²) in [5, 5.41) is 14.4. The van der Waals surface area contributed by atoms with E-state index in [1.807, 2.05) is 38.1 Å². The summed E-state index contributed by atoms with van der Waals surface area (Å²) in [4.78, 5) is 16.7. The van der Waals surface area contributed by atoms with Gasteiger partial charge in [-0.1, -0.05) is 23.7 Å². The van der Waals surface area contributed by atoms with Crippen LogP contribution in [0.2, 0.25) is 5.02 Å². The number of carbonyl (C=O) groups is 1. The van der Waals surface area contributed by atoms with Crippen LogP contribution in [0.5, 0.6) is 0 Å². The molecular weight excluding hydrogens is 328 g/mol. The van der Waals surface area contributed by atoms with Gasteiger partial charge in [0.25, 0.3) is 5.91 Å². The van der Waals surface area contributed by atoms with Crippen LogP contribution in [0.15, 0.2) is 30.3 Å². The van der Waals surface area contributed by atoms with Crippen LogP contribution in [0.1, 0.15) is 24.4 Å². The third kappa shape index (κ3) is 3.16. The van der Waals surface area contributed by atoms with Crippen LogP contribution in [-0.2, 0) is 4.79 Å². The number of benzene rings is 1. The van der Waals surface area contributed by atoms with Crippen molar-refractivity contribution in [2.45, 2.75) is 26.8 Å². The first-order valence-corrected chi connectivity index (χ1v) is 7.84. The molecule has 3 aromatic rings. The average Bonchev–Trinajstić information content (AvgIpc) is 3.13. The first-order chi connectivity index (χ1) is 11.5. The summed E-state index contributed by atoms with van der Waals surface area (Å²) < 4.78 is 1.67. The second-order valence-electron chi connectivity index (χ2n) is 5.52. The van der Waals surface area contributed by atoms with Crippen molar-refractivity contribution in [3.05, 3.63) is 46.7 Å². The molecule has 0 fully saturated rings. The van der Waals surface area contributed by atoms with Crippen molar-refractivity contribution in [3.8, 4) is 11.4 Å². The molecule has 0 bridgehead atoms. The molecule has 7 nitrogen and oxygen atoms in total. The molecule has 124 valence electrons. The molecule has 24 heavy (non-hydrogen) atoms. The van der Waals surface area contributed by atoms with Gasteiger partial charge in [0.15, 0.2) is 5.82 Å². The van der Waals surface area contributed by atoms with Gasteiger partial charge < -0.3 is 0 Å². The summed E-state index contributed by atoms with van der Waals surface area (Å²) in [5.41, 5.74) is 2.51. The minimum absolute atomic E-state index is 0.198. The van der Waals surface area contributed by atoms with Crippen LogP contribution in [0, 0.1) is 13.8 Å². The van der Waals surface area contributed by atoms with Gasteiger partial charge in [0, 0.05) is 11.3 Å². The molecule has 0 aliphatic rings. The summed E-state index contributed by atoms with van der Waals surface area (Å²) in [5.74, 6) is 0.448. The Hall–Kier alpha value is -2.67. The van der Waals surface area contributed by atoms with Gasteiger partial charge in [-0.3, -0.25) is 19.9 Å². The lowest BCUT2D eigenvalue weighted by Gasteiger charge is -2.12. The highest BCUT2D eigenvalue weighted by molar-refractivity contribution is 6.33. The van der Waals surface area contributed by atoms with Crippen LogP contribution in [-0.4, -0.2) is 30.9 Å². The van der Waals surface area contributed by atoms with E-state index in [-0.39, 0.29) is 11.9 Å². The number of aryl methyl sites for hydroxylation is 2. The predicted molar refractivity (Wildman–Crippen MR) is 91.9 cm³/mol. The number of H-pyrrole nitrogens is 1. The van der Waals surface area contributed by atoms with Crippen LogP contribution >= 0.6 is 11.6 Å². The number of anilines is 1. The van der Waals surface area contributed by atoms with Gasteiger partial charge >= 0.3 is 0 Å². The van der Waals surface area contributed by atoms with Gasteiger partial charge in [-0.2, -0.15) is 10.1 Å². The highest BCUT2D eigenvalue weighted by Crippen LogP contribution is 2.25. The molecule has 8 heteroatoms. The molecule has 0 saturated heterocycles. The number of hydrogen-bond donors (Lipinski definition) is 2. The maximum absolute atomic E-state index is 12.4. The molecule has 0 unspecified atom stereocenters. The summed E-state index contributed by atoms with van der Waals surface area (Å²) in [6.07, 6.45) is 0. The number of aromatic amines is 1. The zero-order chi connectivity index (χ0) is 17.3. The first kappa shape index (κ1) is 16.2. The fourth-order valence-electron chi connectivity index (χ4n) is 2.46. The first-order valence-electron chi connectivity index (χ1n) is 7.46. The molecule has 0 aliphatic heterocycles. The van der Waals surface area contributed by atoms with Crippen LogP contribution < -0.4 is 5.32 Å². The molecule has 2 heterocycles. The Labute approximate surface area is 144 Å². The van der Waals surface area contributed by atoms with Crippen molar-refractivity contribution in [3.63, 3.8) is 0 Å². The summed E-state index contributed by atoms with van der Waals surface area (Å²) >= 11 is 6.14. The smallest absolute Gasteiger partial charge is 0.251 e. The normalized spacial score (nSPS) is 12.2. The van der Waals surface area contributed by atoms with E-state index in [1.165, 1.54) is 0 Å². The molecular formula is C16H17ClN6O. The van der Waals surface area contributed by atoms with E-state index < -0.39 is 6.04 Å². The van der Waals surface area contributed by atoms with Gasteiger partial charge in [-0.25, -0.2) is 0 Å². The van der Waals surface area contributed by atoms with Gasteiger partial charge in [0.1, 0.15) is 6.04 Å². The van der Waals surface area contributed by atoms with Crippen molar-refractivity contribution in [1.29, 1.82) is 0 Å². The lowest BCUT2D eigenvalue weighted by molar-refractivity contribution is -0.119. The van der Waals surface area contributed by atoms with Crippen LogP contribution in [0.4, 0.5) is 5.95 Å². The quantitative estimate of drug-likeness (QED) is 0.761. The second-order valence-corrected chi connectivity index (χ2v) is 5.93. The number of rotatable bonds is 4. The number of nitrogens with zero attached hydrogens (tertiary/aromatic N) is 4. The van der Waals surface area contributed by atoms with Gasteiger partial charge in [-0.15, -0.1) is 5.10 Å². The van der Waals surface area contributed by atoms with Crippen LogP contribution in [0.3, 0.4) is 0 Å². The summed E-state index contributed by atoms with van der Waals surface area (Å²) in [7, 11) is 0. The molecule has 1 aromatic carbocycles. The number of aromatic nitrogens is 5. The second kappa shape index (κ2) is 6.45.